The molecule has 3 heterocycles. The summed E-state index contributed by atoms with van der Waals surface area (Å²) >= 11 is 0. The van der Waals surface area contributed by atoms with Gasteiger partial charge in [0.1, 0.15) is 23.0 Å². The highest BCUT2D eigenvalue weighted by molar-refractivity contribution is 5.93. The van der Waals surface area contributed by atoms with E-state index in [-0.39, 0.29) is 17.6 Å². The molecule has 7 nitrogen and oxygen atoms in total. The lowest BCUT2D eigenvalue weighted by Crippen LogP contribution is -2.39. The largest absolute Gasteiger partial charge is 0.497 e. The van der Waals surface area contributed by atoms with E-state index in [2.05, 4.69) is 15.2 Å². The summed E-state index contributed by atoms with van der Waals surface area (Å²) in [5.41, 5.74) is 2.83. The van der Waals surface area contributed by atoms with Gasteiger partial charge in [0.05, 0.1) is 24.9 Å². The third-order valence-corrected chi connectivity index (χ3v) is 6.07. The number of aromatic amines is 1. The van der Waals surface area contributed by atoms with Crippen molar-refractivity contribution in [3.63, 3.8) is 0 Å². The smallest absolute Gasteiger partial charge is 0.271 e. The van der Waals surface area contributed by atoms with E-state index in [1.165, 1.54) is 12.1 Å². The van der Waals surface area contributed by atoms with Gasteiger partial charge >= 0.3 is 0 Å². The molecule has 5 rings (SSSR count). The van der Waals surface area contributed by atoms with Gasteiger partial charge < -0.3 is 14.1 Å². The molecule has 2 aromatic carbocycles. The Bertz CT molecular complexity index is 1300. The molecule has 1 atom stereocenters. The summed E-state index contributed by atoms with van der Waals surface area (Å²) in [4.78, 5) is 19.4. The lowest BCUT2D eigenvalue weighted by molar-refractivity contribution is 0.0692. The number of methoxy groups -OCH3 is 1. The van der Waals surface area contributed by atoms with E-state index in [0.29, 0.717) is 42.5 Å². The summed E-state index contributed by atoms with van der Waals surface area (Å²) in [6.45, 7) is 1.19. The zero-order valence-corrected chi connectivity index (χ0v) is 18.8. The predicted molar refractivity (Wildman–Crippen MR) is 124 cm³/mol. The first-order valence-corrected chi connectivity index (χ1v) is 11.3. The van der Waals surface area contributed by atoms with E-state index in [4.69, 9.17) is 9.15 Å². The minimum absolute atomic E-state index is 0.0136. The van der Waals surface area contributed by atoms with Crippen LogP contribution in [-0.2, 0) is 6.42 Å². The Kier molecular flexibility index (Phi) is 6.12. The minimum Gasteiger partial charge on any atom is -0.497 e. The molecule has 1 aliphatic rings. The van der Waals surface area contributed by atoms with E-state index in [1.54, 1.807) is 25.4 Å². The topological polar surface area (TPSA) is 84.2 Å². The number of carbonyl (C=O) groups is 1. The van der Waals surface area contributed by atoms with Gasteiger partial charge in [-0.05, 0) is 48.7 Å². The molecule has 8 heteroatoms. The average molecular weight is 461 g/mol. The number of amides is 1. The molecular weight excluding hydrogens is 435 g/mol. The number of H-pyrrole nitrogens is 1. The number of rotatable bonds is 6. The quantitative estimate of drug-likeness (QED) is 0.446. The second-order valence-electron chi connectivity index (χ2n) is 8.46. The Labute approximate surface area is 196 Å². The van der Waals surface area contributed by atoms with E-state index < -0.39 is 0 Å². The fraction of sp³-hybridized carbons (Fsp3) is 0.269. The molecule has 4 aromatic rings. The maximum atomic E-state index is 13.5. The summed E-state index contributed by atoms with van der Waals surface area (Å²) in [6, 6.07) is 15.8. The Morgan fingerprint density at radius 2 is 2.12 bits per heavy atom. The molecule has 0 bridgehead atoms. The van der Waals surface area contributed by atoms with Crippen LogP contribution >= 0.6 is 0 Å². The van der Waals surface area contributed by atoms with Crippen molar-refractivity contribution in [1.29, 1.82) is 0 Å². The average Bonchev–Trinajstić information content (AvgIpc) is 3.54. The van der Waals surface area contributed by atoms with Gasteiger partial charge in [0.15, 0.2) is 5.89 Å². The van der Waals surface area contributed by atoms with Gasteiger partial charge in [0.2, 0.25) is 0 Å². The lowest BCUT2D eigenvalue weighted by atomic mass is 9.97. The molecule has 174 valence electrons. The van der Waals surface area contributed by atoms with Crippen molar-refractivity contribution < 1.29 is 18.3 Å². The van der Waals surface area contributed by atoms with Gasteiger partial charge in [-0.25, -0.2) is 9.37 Å². The molecule has 1 amide bonds. The van der Waals surface area contributed by atoms with Gasteiger partial charge in [-0.1, -0.05) is 24.3 Å². The van der Waals surface area contributed by atoms with Crippen LogP contribution in [0.25, 0.3) is 11.3 Å². The van der Waals surface area contributed by atoms with Crippen molar-refractivity contribution >= 4 is 5.91 Å². The third kappa shape index (κ3) is 4.71. The highest BCUT2D eigenvalue weighted by Crippen LogP contribution is 2.29. The van der Waals surface area contributed by atoms with Crippen LogP contribution in [0.5, 0.6) is 5.75 Å². The molecule has 1 N–H and O–H groups in total. The Morgan fingerprint density at radius 3 is 2.97 bits per heavy atom. The highest BCUT2D eigenvalue weighted by Gasteiger charge is 2.29. The number of likely N-dealkylation sites (tertiary alicyclic amines) is 1. The number of nitrogens with one attached hydrogen (secondary N) is 1. The number of halogens is 1. The fourth-order valence-electron chi connectivity index (χ4n) is 4.34. The maximum absolute atomic E-state index is 13.5. The molecular formula is C26H25FN4O3. The van der Waals surface area contributed by atoms with Crippen molar-refractivity contribution in [2.75, 3.05) is 20.2 Å². The summed E-state index contributed by atoms with van der Waals surface area (Å²) in [6.07, 6.45) is 3.91. The van der Waals surface area contributed by atoms with Crippen LogP contribution in [-0.4, -0.2) is 46.2 Å². The Hall–Kier alpha value is -3.94. The fourth-order valence-corrected chi connectivity index (χ4v) is 4.34. The van der Waals surface area contributed by atoms with Crippen LogP contribution in [0.4, 0.5) is 4.39 Å². The number of oxazole rings is 1. The van der Waals surface area contributed by atoms with Crippen molar-refractivity contribution in [2.24, 2.45) is 0 Å². The first-order valence-electron chi connectivity index (χ1n) is 11.3. The van der Waals surface area contributed by atoms with Crippen molar-refractivity contribution in [3.05, 3.63) is 89.5 Å². The van der Waals surface area contributed by atoms with E-state index in [0.717, 1.165) is 29.7 Å². The molecule has 1 fully saturated rings. The second-order valence-corrected chi connectivity index (χ2v) is 8.46. The summed E-state index contributed by atoms with van der Waals surface area (Å²) in [5, 5.41) is 7.20. The predicted octanol–water partition coefficient (Wildman–Crippen LogP) is 4.82. The highest BCUT2D eigenvalue weighted by atomic mass is 19.1. The van der Waals surface area contributed by atoms with Gasteiger partial charge in [0.25, 0.3) is 5.91 Å². The van der Waals surface area contributed by atoms with Gasteiger partial charge in [-0.15, -0.1) is 0 Å². The van der Waals surface area contributed by atoms with Gasteiger partial charge in [0, 0.05) is 25.1 Å². The van der Waals surface area contributed by atoms with E-state index >= 15 is 0 Å². The molecule has 0 radical (unpaired) electrons. The number of carbonyl (C=O) groups excluding carboxylic acids is 1. The number of hydrogen-bond acceptors (Lipinski definition) is 5. The zero-order valence-electron chi connectivity index (χ0n) is 18.8. The number of aromatic nitrogens is 3. The van der Waals surface area contributed by atoms with Crippen molar-refractivity contribution in [3.8, 4) is 17.0 Å². The summed E-state index contributed by atoms with van der Waals surface area (Å²) in [5.74, 6) is 1.67. The van der Waals surface area contributed by atoms with E-state index in [9.17, 15) is 9.18 Å². The monoisotopic (exact) mass is 460 g/mol. The number of benzene rings is 2. The molecule has 34 heavy (non-hydrogen) atoms. The standard InChI is InChI=1S/C26H25FN4O3/c1-33-21-9-3-6-18(13-21)23-14-24(30-29-23)26(32)31-10-4-7-19(16-31)25-28-15-22(34-25)12-17-5-2-8-20(27)11-17/h2-3,5-6,8-9,11,13-15,19H,4,7,10,12,16H2,1H3,(H,29,30)/t19-/m0/s1. The Balaban J connectivity index is 1.26. The molecule has 2 aromatic heterocycles. The van der Waals surface area contributed by atoms with Crippen molar-refractivity contribution in [1.82, 2.24) is 20.1 Å². The van der Waals surface area contributed by atoms with Crippen LogP contribution in [0.2, 0.25) is 0 Å². The van der Waals surface area contributed by atoms with Crippen LogP contribution in [0.1, 0.15) is 46.5 Å². The lowest BCUT2D eigenvalue weighted by Gasteiger charge is -2.30. The molecule has 0 saturated carbocycles. The van der Waals surface area contributed by atoms with Gasteiger partial charge in [-0.2, -0.15) is 5.10 Å². The van der Waals surface area contributed by atoms with Crippen LogP contribution in [0, 0.1) is 5.82 Å². The summed E-state index contributed by atoms with van der Waals surface area (Å²) < 4.78 is 24.7. The van der Waals surface area contributed by atoms with Crippen LogP contribution in [0.15, 0.2) is 65.2 Å². The normalized spacial score (nSPS) is 15.9. The molecule has 0 spiro atoms. The zero-order chi connectivity index (χ0) is 23.5. The maximum Gasteiger partial charge on any atom is 0.271 e. The molecule has 0 unspecified atom stereocenters. The summed E-state index contributed by atoms with van der Waals surface area (Å²) in [7, 11) is 1.61. The minimum atomic E-state index is -0.271. The molecule has 1 aliphatic heterocycles. The van der Waals surface area contributed by atoms with Crippen molar-refractivity contribution in [2.45, 2.75) is 25.2 Å². The number of ether oxygens (including phenoxy) is 1. The van der Waals surface area contributed by atoms with E-state index in [1.807, 2.05) is 35.2 Å². The second kappa shape index (κ2) is 9.51. The SMILES string of the molecule is COc1cccc(-c2cc(C(=O)N3CCC[C@H](c4ncc(Cc5cccc(F)c5)o4)C3)[nH]n2)c1. The van der Waals surface area contributed by atoms with Crippen LogP contribution < -0.4 is 4.74 Å². The van der Waals surface area contributed by atoms with Crippen LogP contribution in [0.3, 0.4) is 0 Å². The third-order valence-electron chi connectivity index (χ3n) is 6.07. The van der Waals surface area contributed by atoms with Gasteiger partial charge in [-0.3, -0.25) is 9.89 Å². The Morgan fingerprint density at radius 1 is 1.24 bits per heavy atom. The molecule has 1 saturated heterocycles. The first kappa shape index (κ1) is 21.9. The first-order chi connectivity index (χ1) is 16.6. The molecule has 0 aliphatic carbocycles. The number of piperidine rings is 1. The number of hydrogen-bond donors (Lipinski definition) is 1. The number of nitrogens with zero attached hydrogens (tertiary/aromatic N) is 3.